The lowest BCUT2D eigenvalue weighted by Gasteiger charge is -2.04. The number of hydrogen-bond acceptors (Lipinski definition) is 3. The standard InChI is InChI=1S/C12H9BrFNOS/c13-12-5-4-11(17-12)10(16)7-15-9-3-1-2-8(14)6-9/h1-6,15H,7H2. The SMILES string of the molecule is O=C(CNc1cccc(F)c1)c1ccc(Br)s1. The largest absolute Gasteiger partial charge is 0.377 e. The van der Waals surface area contributed by atoms with Gasteiger partial charge in [-0.1, -0.05) is 6.07 Å². The number of thiophene rings is 1. The molecule has 0 fully saturated rings. The Morgan fingerprint density at radius 2 is 2.18 bits per heavy atom. The number of carbonyl (C=O) groups excluding carboxylic acids is 1. The van der Waals surface area contributed by atoms with Gasteiger partial charge in [-0.25, -0.2) is 4.39 Å². The summed E-state index contributed by atoms with van der Waals surface area (Å²) in [5.41, 5.74) is 0.606. The predicted molar refractivity (Wildman–Crippen MR) is 71.2 cm³/mol. The van der Waals surface area contributed by atoms with E-state index in [0.717, 1.165) is 3.79 Å². The van der Waals surface area contributed by atoms with Gasteiger partial charge in [0.1, 0.15) is 5.82 Å². The summed E-state index contributed by atoms with van der Waals surface area (Å²) in [4.78, 5) is 12.4. The number of nitrogens with one attached hydrogen (secondary N) is 1. The van der Waals surface area contributed by atoms with E-state index in [1.807, 2.05) is 6.07 Å². The zero-order valence-electron chi connectivity index (χ0n) is 8.74. The minimum absolute atomic E-state index is 0.00930. The van der Waals surface area contributed by atoms with E-state index in [4.69, 9.17) is 0 Å². The van der Waals surface area contributed by atoms with Gasteiger partial charge in [0.25, 0.3) is 0 Å². The molecule has 0 spiro atoms. The number of hydrogen-bond donors (Lipinski definition) is 1. The van der Waals surface area contributed by atoms with Gasteiger partial charge in [-0.15, -0.1) is 11.3 Å². The first kappa shape index (κ1) is 12.3. The molecule has 0 saturated heterocycles. The maximum Gasteiger partial charge on any atom is 0.191 e. The summed E-state index contributed by atoms with van der Waals surface area (Å²) in [7, 11) is 0. The number of carbonyl (C=O) groups is 1. The van der Waals surface area contributed by atoms with Gasteiger partial charge in [0.05, 0.1) is 15.2 Å². The highest BCUT2D eigenvalue weighted by Crippen LogP contribution is 2.22. The molecule has 0 aliphatic heterocycles. The smallest absolute Gasteiger partial charge is 0.191 e. The number of ketones is 1. The molecule has 0 aliphatic rings. The molecule has 1 heterocycles. The third kappa shape index (κ3) is 3.38. The molecular weight excluding hydrogens is 305 g/mol. The minimum Gasteiger partial charge on any atom is -0.377 e. The van der Waals surface area contributed by atoms with E-state index >= 15 is 0 Å². The highest BCUT2D eigenvalue weighted by atomic mass is 79.9. The van der Waals surface area contributed by atoms with Crippen molar-refractivity contribution in [3.8, 4) is 0 Å². The van der Waals surface area contributed by atoms with Crippen LogP contribution in [0.3, 0.4) is 0 Å². The molecule has 1 aromatic carbocycles. The molecule has 2 aromatic rings. The number of anilines is 1. The lowest BCUT2D eigenvalue weighted by molar-refractivity contribution is 0.101. The van der Waals surface area contributed by atoms with E-state index < -0.39 is 0 Å². The van der Waals surface area contributed by atoms with E-state index in [1.54, 1.807) is 18.2 Å². The summed E-state index contributed by atoms with van der Waals surface area (Å²) in [6.45, 7) is 0.163. The van der Waals surface area contributed by atoms with Crippen molar-refractivity contribution in [1.29, 1.82) is 0 Å². The van der Waals surface area contributed by atoms with Gasteiger partial charge in [0, 0.05) is 5.69 Å². The third-order valence-electron chi connectivity index (χ3n) is 2.13. The Kier molecular flexibility index (Phi) is 3.91. The lowest BCUT2D eigenvalue weighted by Crippen LogP contribution is -2.12. The maximum atomic E-state index is 12.9. The molecule has 88 valence electrons. The second-order valence-corrected chi connectivity index (χ2v) is 5.85. The van der Waals surface area contributed by atoms with Crippen LogP contribution in [0.4, 0.5) is 10.1 Å². The Balaban J connectivity index is 1.97. The van der Waals surface area contributed by atoms with Gasteiger partial charge in [0.15, 0.2) is 5.78 Å². The predicted octanol–water partition coefficient (Wildman–Crippen LogP) is 3.94. The van der Waals surface area contributed by atoms with E-state index in [9.17, 15) is 9.18 Å². The fourth-order valence-electron chi connectivity index (χ4n) is 1.33. The maximum absolute atomic E-state index is 12.9. The normalized spacial score (nSPS) is 10.2. The Hall–Kier alpha value is -1.20. The monoisotopic (exact) mass is 313 g/mol. The molecule has 0 bridgehead atoms. The highest BCUT2D eigenvalue weighted by molar-refractivity contribution is 9.11. The Morgan fingerprint density at radius 1 is 1.35 bits per heavy atom. The molecule has 0 atom stereocenters. The second-order valence-electron chi connectivity index (χ2n) is 3.39. The Bertz CT molecular complexity index is 541. The Labute approximate surface area is 111 Å². The van der Waals surface area contributed by atoms with Crippen molar-refractivity contribution in [3.63, 3.8) is 0 Å². The summed E-state index contributed by atoms with van der Waals surface area (Å²) in [5.74, 6) is -0.328. The quantitative estimate of drug-likeness (QED) is 0.866. The van der Waals surface area contributed by atoms with Crippen LogP contribution in [0.5, 0.6) is 0 Å². The lowest BCUT2D eigenvalue weighted by atomic mass is 10.3. The van der Waals surface area contributed by atoms with Crippen LogP contribution in [0.1, 0.15) is 9.67 Å². The molecule has 0 amide bonds. The minimum atomic E-state index is -0.318. The van der Waals surface area contributed by atoms with Crippen molar-refractivity contribution in [3.05, 3.63) is 50.9 Å². The van der Waals surface area contributed by atoms with Crippen LogP contribution in [0.2, 0.25) is 0 Å². The van der Waals surface area contributed by atoms with Gasteiger partial charge in [-0.05, 0) is 46.3 Å². The van der Waals surface area contributed by atoms with E-state index in [0.29, 0.717) is 10.6 Å². The van der Waals surface area contributed by atoms with Crippen molar-refractivity contribution in [2.75, 3.05) is 11.9 Å². The van der Waals surface area contributed by atoms with Gasteiger partial charge in [-0.3, -0.25) is 4.79 Å². The summed E-state index contributed by atoms with van der Waals surface area (Å²) < 4.78 is 13.8. The fraction of sp³-hybridized carbons (Fsp3) is 0.0833. The third-order valence-corrected chi connectivity index (χ3v) is 3.79. The summed E-state index contributed by atoms with van der Waals surface area (Å²) in [6, 6.07) is 9.65. The first-order valence-corrected chi connectivity index (χ1v) is 6.54. The number of rotatable bonds is 4. The number of Topliss-reactive ketones (excluding diaryl/α,β-unsaturated/α-hetero) is 1. The molecule has 1 aromatic heterocycles. The average molecular weight is 314 g/mol. The van der Waals surface area contributed by atoms with Crippen LogP contribution in [0.25, 0.3) is 0 Å². The van der Waals surface area contributed by atoms with Gasteiger partial charge < -0.3 is 5.32 Å². The average Bonchev–Trinajstić information content (AvgIpc) is 2.73. The topological polar surface area (TPSA) is 29.1 Å². The zero-order chi connectivity index (χ0) is 12.3. The number of benzene rings is 1. The molecule has 17 heavy (non-hydrogen) atoms. The first-order chi connectivity index (χ1) is 8.15. The van der Waals surface area contributed by atoms with Crippen LogP contribution in [0.15, 0.2) is 40.2 Å². The van der Waals surface area contributed by atoms with Crippen LogP contribution in [-0.4, -0.2) is 12.3 Å². The molecule has 0 unspecified atom stereocenters. The number of halogens is 2. The van der Waals surface area contributed by atoms with Gasteiger partial charge in [-0.2, -0.15) is 0 Å². The summed E-state index contributed by atoms with van der Waals surface area (Å²) >= 11 is 4.69. The van der Waals surface area contributed by atoms with E-state index in [-0.39, 0.29) is 18.1 Å². The first-order valence-electron chi connectivity index (χ1n) is 4.93. The fourth-order valence-corrected chi connectivity index (χ4v) is 2.66. The van der Waals surface area contributed by atoms with Crippen LogP contribution < -0.4 is 5.32 Å². The highest BCUT2D eigenvalue weighted by Gasteiger charge is 2.08. The van der Waals surface area contributed by atoms with Crippen molar-refractivity contribution in [1.82, 2.24) is 0 Å². The zero-order valence-corrected chi connectivity index (χ0v) is 11.1. The molecule has 2 nitrogen and oxygen atoms in total. The Morgan fingerprint density at radius 3 is 2.82 bits per heavy atom. The molecule has 0 saturated carbocycles. The van der Waals surface area contributed by atoms with E-state index in [2.05, 4.69) is 21.2 Å². The van der Waals surface area contributed by atoms with Crippen LogP contribution >= 0.6 is 27.3 Å². The van der Waals surface area contributed by atoms with Crippen LogP contribution in [0, 0.1) is 5.82 Å². The summed E-state index contributed by atoms with van der Waals surface area (Å²) in [6.07, 6.45) is 0. The van der Waals surface area contributed by atoms with Crippen molar-refractivity contribution >= 4 is 38.7 Å². The second kappa shape index (κ2) is 5.42. The molecule has 0 radical (unpaired) electrons. The molecule has 1 N–H and O–H groups in total. The van der Waals surface area contributed by atoms with E-state index in [1.165, 1.54) is 23.5 Å². The van der Waals surface area contributed by atoms with Gasteiger partial charge >= 0.3 is 0 Å². The van der Waals surface area contributed by atoms with Crippen molar-refractivity contribution in [2.24, 2.45) is 0 Å². The van der Waals surface area contributed by atoms with Gasteiger partial charge in [0.2, 0.25) is 0 Å². The van der Waals surface area contributed by atoms with Crippen molar-refractivity contribution < 1.29 is 9.18 Å². The molecule has 5 heteroatoms. The van der Waals surface area contributed by atoms with Crippen molar-refractivity contribution in [2.45, 2.75) is 0 Å². The molecule has 0 aliphatic carbocycles. The molecular formula is C12H9BrFNOS. The summed E-state index contributed by atoms with van der Waals surface area (Å²) in [5, 5.41) is 2.89. The van der Waals surface area contributed by atoms with Crippen LogP contribution in [-0.2, 0) is 0 Å². The molecule has 2 rings (SSSR count).